The van der Waals surface area contributed by atoms with Gasteiger partial charge in [0.2, 0.25) is 5.91 Å². The molecule has 0 aliphatic carbocycles. The van der Waals surface area contributed by atoms with Crippen LogP contribution in [0.1, 0.15) is 12.8 Å². The van der Waals surface area contributed by atoms with Crippen LogP contribution in [0.5, 0.6) is 5.75 Å². The predicted octanol–water partition coefficient (Wildman–Crippen LogP) is 2.84. The first kappa shape index (κ1) is 12.0. The fourth-order valence-electron chi connectivity index (χ4n) is 2.47. The Morgan fingerprint density at radius 3 is 2.74 bits per heavy atom. The Labute approximate surface area is 112 Å². The molecule has 0 atom stereocenters. The molecule has 0 radical (unpaired) electrons. The number of hydrogen-bond acceptors (Lipinski definition) is 2. The monoisotopic (exact) mass is 255 g/mol. The Bertz CT molecular complexity index is 594. The van der Waals surface area contributed by atoms with E-state index in [1.807, 2.05) is 29.2 Å². The van der Waals surface area contributed by atoms with Gasteiger partial charge in [-0.2, -0.15) is 0 Å². The van der Waals surface area contributed by atoms with Gasteiger partial charge in [0, 0.05) is 13.0 Å². The van der Waals surface area contributed by atoms with Crippen LogP contribution in [0.25, 0.3) is 10.8 Å². The number of amides is 1. The number of likely N-dealkylation sites (tertiary alicyclic amines) is 1. The lowest BCUT2D eigenvalue weighted by molar-refractivity contribution is -0.128. The molecule has 1 amide bonds. The van der Waals surface area contributed by atoms with E-state index in [9.17, 15) is 4.79 Å². The maximum Gasteiger partial charge on any atom is 0.222 e. The summed E-state index contributed by atoms with van der Waals surface area (Å²) in [5, 5.41) is 2.39. The fourth-order valence-corrected chi connectivity index (χ4v) is 2.47. The molecule has 19 heavy (non-hydrogen) atoms. The summed E-state index contributed by atoms with van der Waals surface area (Å²) in [6.45, 7) is 2.12. The van der Waals surface area contributed by atoms with Gasteiger partial charge in [0.15, 0.2) is 0 Å². The van der Waals surface area contributed by atoms with Crippen molar-refractivity contribution >= 4 is 16.7 Å². The van der Waals surface area contributed by atoms with E-state index in [-0.39, 0.29) is 5.91 Å². The number of hydrogen-bond donors (Lipinski definition) is 0. The van der Waals surface area contributed by atoms with Crippen molar-refractivity contribution in [2.24, 2.45) is 0 Å². The first-order valence-electron chi connectivity index (χ1n) is 6.72. The molecular formula is C16H17NO2. The molecule has 3 heteroatoms. The van der Waals surface area contributed by atoms with Crippen molar-refractivity contribution in [1.82, 2.24) is 4.90 Å². The molecule has 1 aliphatic heterocycles. The molecule has 0 saturated carbocycles. The molecule has 1 saturated heterocycles. The summed E-state index contributed by atoms with van der Waals surface area (Å²) >= 11 is 0. The highest BCUT2D eigenvalue weighted by Gasteiger charge is 2.19. The van der Waals surface area contributed by atoms with E-state index in [0.717, 1.165) is 18.7 Å². The number of ether oxygens (including phenoxy) is 1. The van der Waals surface area contributed by atoms with Crippen LogP contribution in [0.15, 0.2) is 42.5 Å². The standard InChI is InChI=1S/C16H17NO2/c18-16-6-3-9-17(16)10-11-19-15-8-7-13-4-1-2-5-14(13)12-15/h1-2,4-5,7-8,12H,3,6,9-11H2. The Kier molecular flexibility index (Phi) is 3.36. The Morgan fingerprint density at radius 2 is 1.95 bits per heavy atom. The van der Waals surface area contributed by atoms with Gasteiger partial charge in [-0.05, 0) is 29.3 Å². The smallest absolute Gasteiger partial charge is 0.222 e. The van der Waals surface area contributed by atoms with Crippen LogP contribution in [0, 0.1) is 0 Å². The van der Waals surface area contributed by atoms with Gasteiger partial charge in [-0.3, -0.25) is 4.79 Å². The van der Waals surface area contributed by atoms with E-state index in [0.29, 0.717) is 19.6 Å². The molecule has 2 aromatic rings. The third-order valence-corrected chi connectivity index (χ3v) is 3.52. The zero-order valence-corrected chi connectivity index (χ0v) is 10.8. The normalized spacial score (nSPS) is 15.2. The maximum absolute atomic E-state index is 11.5. The summed E-state index contributed by atoms with van der Waals surface area (Å²) in [5.74, 6) is 1.12. The average molecular weight is 255 g/mol. The topological polar surface area (TPSA) is 29.5 Å². The third kappa shape index (κ3) is 2.70. The number of carbonyl (C=O) groups is 1. The third-order valence-electron chi connectivity index (χ3n) is 3.52. The summed E-state index contributed by atoms with van der Waals surface area (Å²) < 4.78 is 5.73. The average Bonchev–Trinajstić information content (AvgIpc) is 2.84. The zero-order chi connectivity index (χ0) is 13.1. The summed E-state index contributed by atoms with van der Waals surface area (Å²) in [6.07, 6.45) is 1.67. The van der Waals surface area contributed by atoms with E-state index >= 15 is 0 Å². The molecular weight excluding hydrogens is 238 g/mol. The number of benzene rings is 2. The molecule has 1 aliphatic rings. The van der Waals surface area contributed by atoms with Crippen LogP contribution in [0.2, 0.25) is 0 Å². The molecule has 0 unspecified atom stereocenters. The Morgan fingerprint density at radius 1 is 1.11 bits per heavy atom. The van der Waals surface area contributed by atoms with Crippen molar-refractivity contribution in [2.45, 2.75) is 12.8 Å². The number of rotatable bonds is 4. The molecule has 3 rings (SSSR count). The predicted molar refractivity (Wildman–Crippen MR) is 75.3 cm³/mol. The van der Waals surface area contributed by atoms with Crippen molar-refractivity contribution in [1.29, 1.82) is 0 Å². The summed E-state index contributed by atoms with van der Waals surface area (Å²) in [7, 11) is 0. The first-order chi connectivity index (χ1) is 9.33. The van der Waals surface area contributed by atoms with Crippen molar-refractivity contribution in [3.05, 3.63) is 42.5 Å². The molecule has 0 bridgehead atoms. The van der Waals surface area contributed by atoms with Gasteiger partial charge >= 0.3 is 0 Å². The number of nitrogens with zero attached hydrogens (tertiary/aromatic N) is 1. The van der Waals surface area contributed by atoms with Crippen LogP contribution in [0.4, 0.5) is 0 Å². The van der Waals surface area contributed by atoms with Gasteiger partial charge in [-0.15, -0.1) is 0 Å². The Balaban J connectivity index is 1.60. The highest BCUT2D eigenvalue weighted by Crippen LogP contribution is 2.20. The number of carbonyl (C=O) groups excluding carboxylic acids is 1. The Hall–Kier alpha value is -2.03. The minimum Gasteiger partial charge on any atom is -0.492 e. The van der Waals surface area contributed by atoms with E-state index in [1.54, 1.807) is 0 Å². The molecule has 1 fully saturated rings. The second-order valence-corrected chi connectivity index (χ2v) is 4.84. The van der Waals surface area contributed by atoms with Crippen LogP contribution in [0.3, 0.4) is 0 Å². The fraction of sp³-hybridized carbons (Fsp3) is 0.312. The highest BCUT2D eigenvalue weighted by atomic mass is 16.5. The van der Waals surface area contributed by atoms with Crippen LogP contribution < -0.4 is 4.74 Å². The molecule has 3 nitrogen and oxygen atoms in total. The quantitative estimate of drug-likeness (QED) is 0.840. The van der Waals surface area contributed by atoms with E-state index in [4.69, 9.17) is 4.74 Å². The van der Waals surface area contributed by atoms with Crippen LogP contribution >= 0.6 is 0 Å². The minimum atomic E-state index is 0.252. The largest absolute Gasteiger partial charge is 0.492 e. The molecule has 1 heterocycles. The second kappa shape index (κ2) is 5.31. The number of fused-ring (bicyclic) bond motifs is 1. The molecule has 0 spiro atoms. The lowest BCUT2D eigenvalue weighted by Gasteiger charge is -2.15. The molecule has 98 valence electrons. The molecule has 0 N–H and O–H groups in total. The van der Waals surface area contributed by atoms with Crippen LogP contribution in [-0.2, 0) is 4.79 Å². The van der Waals surface area contributed by atoms with Gasteiger partial charge in [0.05, 0.1) is 6.54 Å². The maximum atomic E-state index is 11.5. The lowest BCUT2D eigenvalue weighted by atomic mass is 10.1. The zero-order valence-electron chi connectivity index (χ0n) is 10.8. The van der Waals surface area contributed by atoms with E-state index in [2.05, 4.69) is 18.2 Å². The minimum absolute atomic E-state index is 0.252. The summed E-state index contributed by atoms with van der Waals surface area (Å²) in [4.78, 5) is 13.3. The SMILES string of the molecule is O=C1CCCN1CCOc1ccc2ccccc2c1. The van der Waals surface area contributed by atoms with Gasteiger partial charge < -0.3 is 9.64 Å². The van der Waals surface area contributed by atoms with Gasteiger partial charge in [-0.1, -0.05) is 30.3 Å². The summed E-state index contributed by atoms with van der Waals surface area (Å²) in [5.41, 5.74) is 0. The van der Waals surface area contributed by atoms with Gasteiger partial charge in [0.1, 0.15) is 12.4 Å². The van der Waals surface area contributed by atoms with E-state index < -0.39 is 0 Å². The van der Waals surface area contributed by atoms with E-state index in [1.165, 1.54) is 10.8 Å². The summed E-state index contributed by atoms with van der Waals surface area (Å²) in [6, 6.07) is 14.3. The first-order valence-corrected chi connectivity index (χ1v) is 6.72. The molecule has 2 aromatic carbocycles. The lowest BCUT2D eigenvalue weighted by Crippen LogP contribution is -2.29. The van der Waals surface area contributed by atoms with Crippen LogP contribution in [-0.4, -0.2) is 30.5 Å². The second-order valence-electron chi connectivity index (χ2n) is 4.84. The van der Waals surface area contributed by atoms with Crippen molar-refractivity contribution < 1.29 is 9.53 Å². The van der Waals surface area contributed by atoms with Crippen molar-refractivity contribution in [3.63, 3.8) is 0 Å². The highest BCUT2D eigenvalue weighted by molar-refractivity contribution is 5.83. The van der Waals surface area contributed by atoms with Gasteiger partial charge in [0.25, 0.3) is 0 Å². The van der Waals surface area contributed by atoms with Crippen molar-refractivity contribution in [3.8, 4) is 5.75 Å². The van der Waals surface area contributed by atoms with Crippen molar-refractivity contribution in [2.75, 3.05) is 19.7 Å². The van der Waals surface area contributed by atoms with Gasteiger partial charge in [-0.25, -0.2) is 0 Å². The molecule has 0 aromatic heterocycles.